The summed E-state index contributed by atoms with van der Waals surface area (Å²) in [7, 11) is 1.62. The highest BCUT2D eigenvalue weighted by molar-refractivity contribution is 5.94. The van der Waals surface area contributed by atoms with Crippen molar-refractivity contribution in [2.45, 2.75) is 13.0 Å². The molecular weight excluding hydrogens is 288 g/mol. The van der Waals surface area contributed by atoms with Crippen LogP contribution in [-0.2, 0) is 0 Å². The highest BCUT2D eigenvalue weighted by atomic mass is 35.5. The molecule has 1 amide bonds. The molecule has 19 heavy (non-hydrogen) atoms. The van der Waals surface area contributed by atoms with Crippen LogP contribution >= 0.6 is 12.4 Å². The Balaban J connectivity index is 0.00000324. The minimum atomic E-state index is -1.71. The number of amides is 1. The molecule has 1 atom stereocenters. The molecule has 3 nitrogen and oxygen atoms in total. The largest absolute Gasteiger partial charge is 0.350 e. The third-order valence-electron chi connectivity index (χ3n) is 2.40. The Morgan fingerprint density at radius 2 is 1.68 bits per heavy atom. The predicted molar refractivity (Wildman–Crippen MR) is 64.4 cm³/mol. The van der Waals surface area contributed by atoms with E-state index in [4.69, 9.17) is 0 Å². The molecule has 0 aliphatic carbocycles. The number of hydrogen-bond donors (Lipinski definition) is 2. The Kier molecular flexibility index (Phi) is 6.78. The maximum absolute atomic E-state index is 13.2. The van der Waals surface area contributed by atoms with Crippen molar-refractivity contribution in [2.75, 3.05) is 13.6 Å². The highest BCUT2D eigenvalue weighted by Gasteiger charge is 2.24. The first-order valence-corrected chi connectivity index (χ1v) is 5.17. The van der Waals surface area contributed by atoms with Gasteiger partial charge in [0.05, 0.1) is 0 Å². The SMILES string of the molecule is CNC(C)CNC(=O)c1c(F)c(F)cc(F)c1F.Cl. The number of benzene rings is 1. The molecule has 0 radical (unpaired) electrons. The van der Waals surface area contributed by atoms with Gasteiger partial charge in [-0.2, -0.15) is 0 Å². The summed E-state index contributed by atoms with van der Waals surface area (Å²) in [4.78, 5) is 11.5. The zero-order valence-corrected chi connectivity index (χ0v) is 11.0. The van der Waals surface area contributed by atoms with Gasteiger partial charge in [-0.1, -0.05) is 0 Å². The quantitative estimate of drug-likeness (QED) is 0.660. The first-order chi connectivity index (χ1) is 8.38. The van der Waals surface area contributed by atoms with E-state index in [1.807, 2.05) is 0 Å². The van der Waals surface area contributed by atoms with E-state index in [0.717, 1.165) is 0 Å². The summed E-state index contributed by atoms with van der Waals surface area (Å²) in [6.07, 6.45) is 0. The molecule has 1 unspecified atom stereocenters. The summed E-state index contributed by atoms with van der Waals surface area (Å²) in [6.45, 7) is 1.77. The molecule has 0 bridgehead atoms. The topological polar surface area (TPSA) is 41.1 Å². The van der Waals surface area contributed by atoms with E-state index in [0.29, 0.717) is 0 Å². The van der Waals surface area contributed by atoms with Crippen LogP contribution in [0.25, 0.3) is 0 Å². The fourth-order valence-corrected chi connectivity index (χ4v) is 1.21. The average Bonchev–Trinajstić information content (AvgIpc) is 2.33. The zero-order valence-electron chi connectivity index (χ0n) is 10.2. The van der Waals surface area contributed by atoms with Crippen molar-refractivity contribution < 1.29 is 22.4 Å². The van der Waals surface area contributed by atoms with Gasteiger partial charge in [-0.25, -0.2) is 17.6 Å². The van der Waals surface area contributed by atoms with E-state index in [1.54, 1.807) is 14.0 Å². The van der Waals surface area contributed by atoms with E-state index in [2.05, 4.69) is 10.6 Å². The molecule has 0 fully saturated rings. The fourth-order valence-electron chi connectivity index (χ4n) is 1.21. The van der Waals surface area contributed by atoms with E-state index < -0.39 is 34.7 Å². The molecule has 0 saturated carbocycles. The lowest BCUT2D eigenvalue weighted by Gasteiger charge is -2.12. The number of likely N-dealkylation sites (N-methyl/N-ethyl adjacent to an activating group) is 1. The molecule has 1 aromatic rings. The normalized spacial score (nSPS) is 11.7. The van der Waals surface area contributed by atoms with Crippen LogP contribution in [0.15, 0.2) is 6.07 Å². The summed E-state index contributed by atoms with van der Waals surface area (Å²) < 4.78 is 52.2. The van der Waals surface area contributed by atoms with Gasteiger partial charge in [0.25, 0.3) is 5.91 Å². The molecule has 1 rings (SSSR count). The minimum Gasteiger partial charge on any atom is -0.350 e. The zero-order chi connectivity index (χ0) is 13.9. The third kappa shape index (κ3) is 4.07. The van der Waals surface area contributed by atoms with E-state index in [-0.39, 0.29) is 31.1 Å². The molecule has 0 heterocycles. The number of halogens is 5. The summed E-state index contributed by atoms with van der Waals surface area (Å²) >= 11 is 0. The summed E-state index contributed by atoms with van der Waals surface area (Å²) in [6, 6.07) is -0.101. The number of rotatable bonds is 4. The summed E-state index contributed by atoms with van der Waals surface area (Å²) in [5, 5.41) is 4.94. The molecule has 0 saturated heterocycles. The lowest BCUT2D eigenvalue weighted by molar-refractivity contribution is 0.0939. The predicted octanol–water partition coefficient (Wildman–Crippen LogP) is 2.00. The second-order valence-corrected chi connectivity index (χ2v) is 3.74. The Morgan fingerprint density at radius 3 is 2.11 bits per heavy atom. The van der Waals surface area contributed by atoms with Crippen LogP contribution in [0.4, 0.5) is 17.6 Å². The molecular formula is C11H13ClF4N2O. The smallest absolute Gasteiger partial charge is 0.257 e. The number of carbonyl (C=O) groups is 1. The van der Waals surface area contributed by atoms with Crippen molar-refractivity contribution in [3.63, 3.8) is 0 Å². The lowest BCUT2D eigenvalue weighted by Crippen LogP contribution is -2.38. The molecule has 0 aliphatic heterocycles. The Hall–Kier alpha value is -1.34. The van der Waals surface area contributed by atoms with Crippen LogP contribution in [0.1, 0.15) is 17.3 Å². The second kappa shape index (κ2) is 7.30. The van der Waals surface area contributed by atoms with Gasteiger partial charge in [-0.3, -0.25) is 4.79 Å². The lowest BCUT2D eigenvalue weighted by atomic mass is 10.1. The highest BCUT2D eigenvalue weighted by Crippen LogP contribution is 2.19. The van der Waals surface area contributed by atoms with Crippen molar-refractivity contribution in [1.82, 2.24) is 10.6 Å². The van der Waals surface area contributed by atoms with E-state index >= 15 is 0 Å². The van der Waals surface area contributed by atoms with Gasteiger partial charge < -0.3 is 10.6 Å². The summed E-state index contributed by atoms with van der Waals surface area (Å²) in [5.41, 5.74) is -1.25. The first kappa shape index (κ1) is 17.7. The monoisotopic (exact) mass is 300 g/mol. The average molecular weight is 301 g/mol. The standard InChI is InChI=1S/C11H12F4N2O.ClH/c1-5(16-2)4-17-11(18)8-9(14)6(12)3-7(13)10(8)15;/h3,5,16H,4H2,1-2H3,(H,17,18);1H. The minimum absolute atomic E-state index is 0. The van der Waals surface area contributed by atoms with Crippen LogP contribution in [0.3, 0.4) is 0 Å². The van der Waals surface area contributed by atoms with Gasteiger partial charge in [-0.05, 0) is 14.0 Å². The van der Waals surface area contributed by atoms with Crippen LogP contribution < -0.4 is 10.6 Å². The molecule has 8 heteroatoms. The molecule has 1 aromatic carbocycles. The van der Waals surface area contributed by atoms with E-state index in [9.17, 15) is 22.4 Å². The van der Waals surface area contributed by atoms with Crippen LogP contribution in [0.2, 0.25) is 0 Å². The Labute approximate surface area is 113 Å². The third-order valence-corrected chi connectivity index (χ3v) is 2.40. The van der Waals surface area contributed by atoms with Gasteiger partial charge in [0.1, 0.15) is 5.56 Å². The van der Waals surface area contributed by atoms with Crippen LogP contribution in [0, 0.1) is 23.3 Å². The van der Waals surface area contributed by atoms with Gasteiger partial charge in [0.2, 0.25) is 0 Å². The summed E-state index contributed by atoms with van der Waals surface area (Å²) in [5.74, 6) is -7.83. The van der Waals surface area contributed by atoms with Gasteiger partial charge >= 0.3 is 0 Å². The Bertz CT molecular complexity index is 444. The van der Waals surface area contributed by atoms with Crippen molar-refractivity contribution in [2.24, 2.45) is 0 Å². The first-order valence-electron chi connectivity index (χ1n) is 5.17. The fraction of sp³-hybridized carbons (Fsp3) is 0.364. The second-order valence-electron chi connectivity index (χ2n) is 3.74. The van der Waals surface area contributed by atoms with Crippen molar-refractivity contribution >= 4 is 18.3 Å². The molecule has 2 N–H and O–H groups in total. The number of hydrogen-bond acceptors (Lipinski definition) is 2. The maximum atomic E-state index is 13.2. The molecule has 0 aromatic heterocycles. The number of carbonyl (C=O) groups excluding carboxylic acids is 1. The van der Waals surface area contributed by atoms with Gasteiger partial charge in [0.15, 0.2) is 23.3 Å². The van der Waals surface area contributed by atoms with Crippen LogP contribution in [0.5, 0.6) is 0 Å². The molecule has 0 aliphatic rings. The Morgan fingerprint density at radius 1 is 1.21 bits per heavy atom. The van der Waals surface area contributed by atoms with Crippen molar-refractivity contribution in [3.8, 4) is 0 Å². The molecule has 108 valence electrons. The van der Waals surface area contributed by atoms with Crippen LogP contribution in [-0.4, -0.2) is 25.5 Å². The molecule has 0 spiro atoms. The van der Waals surface area contributed by atoms with Gasteiger partial charge in [0, 0.05) is 18.7 Å². The van der Waals surface area contributed by atoms with Gasteiger partial charge in [-0.15, -0.1) is 12.4 Å². The maximum Gasteiger partial charge on any atom is 0.257 e. The van der Waals surface area contributed by atoms with E-state index in [1.165, 1.54) is 0 Å². The van der Waals surface area contributed by atoms with Crippen molar-refractivity contribution in [3.05, 3.63) is 34.9 Å². The van der Waals surface area contributed by atoms with Crippen molar-refractivity contribution in [1.29, 1.82) is 0 Å². The number of nitrogens with one attached hydrogen (secondary N) is 2.